The first-order valence-corrected chi connectivity index (χ1v) is 5.80. The summed E-state index contributed by atoms with van der Waals surface area (Å²) in [4.78, 5) is 10.2. The normalized spacial score (nSPS) is 13.3. The van der Waals surface area contributed by atoms with E-state index in [9.17, 15) is 23.3 Å². The highest BCUT2D eigenvalue weighted by atomic mass is 35.5. The number of nitro groups is 1. The molecule has 0 fully saturated rings. The van der Waals surface area contributed by atoms with Crippen molar-refractivity contribution in [2.45, 2.75) is 32.1 Å². The smallest absolute Gasteiger partial charge is 0.310 e. The molecule has 0 aliphatic carbocycles. The average Bonchev–Trinajstić information content (AvgIpc) is 2.24. The monoisotopic (exact) mass is 296 g/mol. The minimum Gasteiger partial charge on any atom is -0.310 e. The molecule has 0 heterocycles. The van der Waals surface area contributed by atoms with Gasteiger partial charge >= 0.3 is 6.18 Å². The van der Waals surface area contributed by atoms with Gasteiger partial charge in [-0.3, -0.25) is 10.1 Å². The number of benzene rings is 1. The summed E-state index contributed by atoms with van der Waals surface area (Å²) in [5, 5.41) is 13.5. The minimum absolute atomic E-state index is 0.0900. The molecule has 1 aromatic rings. The van der Waals surface area contributed by atoms with Crippen LogP contribution < -0.4 is 5.32 Å². The van der Waals surface area contributed by atoms with Gasteiger partial charge < -0.3 is 5.32 Å². The van der Waals surface area contributed by atoms with Gasteiger partial charge in [0, 0.05) is 18.7 Å². The van der Waals surface area contributed by atoms with E-state index in [0.29, 0.717) is 0 Å². The van der Waals surface area contributed by atoms with E-state index in [1.54, 1.807) is 0 Å². The second-order valence-electron chi connectivity index (χ2n) is 4.10. The molecule has 1 rings (SSSR count). The summed E-state index contributed by atoms with van der Waals surface area (Å²) in [6.45, 7) is 1.27. The Morgan fingerprint density at radius 3 is 2.63 bits per heavy atom. The Morgan fingerprint density at radius 1 is 1.47 bits per heavy atom. The summed E-state index contributed by atoms with van der Waals surface area (Å²) in [5.41, 5.74) is -0.0256. The Hall–Kier alpha value is -1.34. The third-order valence-corrected chi connectivity index (χ3v) is 2.81. The molecule has 0 aliphatic rings. The lowest BCUT2D eigenvalue weighted by Gasteiger charge is -2.16. The van der Waals surface area contributed by atoms with Crippen LogP contribution in [0.2, 0.25) is 5.02 Å². The number of rotatable bonds is 5. The van der Waals surface area contributed by atoms with Crippen LogP contribution in [0.25, 0.3) is 0 Å². The number of halogens is 4. The van der Waals surface area contributed by atoms with Crippen LogP contribution in [0.1, 0.15) is 18.9 Å². The van der Waals surface area contributed by atoms with Crippen molar-refractivity contribution >= 4 is 17.3 Å². The first-order valence-electron chi connectivity index (χ1n) is 5.42. The summed E-state index contributed by atoms with van der Waals surface area (Å²) in [6, 6.07) is 3.29. The van der Waals surface area contributed by atoms with Crippen molar-refractivity contribution in [1.29, 1.82) is 0 Å². The Labute approximate surface area is 112 Å². The van der Waals surface area contributed by atoms with Crippen LogP contribution in [0.5, 0.6) is 0 Å². The third kappa shape index (κ3) is 5.04. The maximum atomic E-state index is 12.1. The number of hydrogen-bond acceptors (Lipinski definition) is 3. The molecule has 106 valence electrons. The van der Waals surface area contributed by atoms with E-state index in [1.807, 2.05) is 0 Å². The maximum absolute atomic E-state index is 12.1. The Balaban J connectivity index is 2.75. The largest absolute Gasteiger partial charge is 0.390 e. The van der Waals surface area contributed by atoms with E-state index in [-0.39, 0.29) is 22.8 Å². The van der Waals surface area contributed by atoms with Gasteiger partial charge in [0.1, 0.15) is 0 Å². The molecular weight excluding hydrogens is 285 g/mol. The van der Waals surface area contributed by atoms with Gasteiger partial charge in [0.2, 0.25) is 0 Å². The number of nitro benzene ring substituents is 1. The van der Waals surface area contributed by atoms with Crippen molar-refractivity contribution in [2.75, 3.05) is 0 Å². The highest BCUT2D eigenvalue weighted by Crippen LogP contribution is 2.27. The average molecular weight is 297 g/mol. The molecule has 1 atom stereocenters. The lowest BCUT2D eigenvalue weighted by molar-refractivity contribution is -0.385. The number of nitrogens with zero attached hydrogens (tertiary/aromatic N) is 1. The molecule has 1 aromatic carbocycles. The van der Waals surface area contributed by atoms with Crippen LogP contribution in [0, 0.1) is 10.1 Å². The number of nitrogens with one attached hydrogen (secondary N) is 1. The van der Waals surface area contributed by atoms with Gasteiger partial charge in [-0.1, -0.05) is 17.7 Å². The molecule has 1 N–H and O–H groups in total. The fourth-order valence-electron chi connectivity index (χ4n) is 1.59. The third-order valence-electron chi connectivity index (χ3n) is 2.46. The molecular formula is C11H12ClF3N2O2. The van der Waals surface area contributed by atoms with E-state index >= 15 is 0 Å². The highest BCUT2D eigenvalue weighted by Gasteiger charge is 2.30. The topological polar surface area (TPSA) is 55.2 Å². The zero-order valence-corrected chi connectivity index (χ0v) is 10.8. The zero-order chi connectivity index (χ0) is 14.6. The SMILES string of the molecule is CC(CC(F)(F)F)NCc1c(Cl)cccc1[N+](=O)[O-]. The zero-order valence-electron chi connectivity index (χ0n) is 10.00. The quantitative estimate of drug-likeness (QED) is 0.666. The number of hydrogen-bond donors (Lipinski definition) is 1. The minimum atomic E-state index is -4.28. The Bertz CT molecular complexity index is 466. The van der Waals surface area contributed by atoms with Crippen LogP contribution in [0.15, 0.2) is 18.2 Å². The number of alkyl halides is 3. The Kier molecular flexibility index (Phi) is 5.13. The van der Waals surface area contributed by atoms with Crippen molar-refractivity contribution in [2.24, 2.45) is 0 Å². The summed E-state index contributed by atoms with van der Waals surface area (Å²) in [5.74, 6) is 0. The fourth-order valence-corrected chi connectivity index (χ4v) is 1.83. The van der Waals surface area contributed by atoms with Gasteiger partial charge in [0.25, 0.3) is 5.69 Å². The van der Waals surface area contributed by atoms with Crippen molar-refractivity contribution in [3.8, 4) is 0 Å². The highest BCUT2D eigenvalue weighted by molar-refractivity contribution is 6.31. The van der Waals surface area contributed by atoms with E-state index in [2.05, 4.69) is 5.32 Å². The summed E-state index contributed by atoms with van der Waals surface area (Å²) in [6.07, 6.45) is -5.29. The van der Waals surface area contributed by atoms with Crippen molar-refractivity contribution in [3.05, 3.63) is 38.9 Å². The molecule has 0 aliphatic heterocycles. The molecule has 0 amide bonds. The summed E-state index contributed by atoms with van der Waals surface area (Å²) >= 11 is 5.82. The molecule has 0 spiro atoms. The van der Waals surface area contributed by atoms with E-state index in [1.165, 1.54) is 25.1 Å². The first-order chi connectivity index (χ1) is 8.70. The molecule has 0 bridgehead atoms. The van der Waals surface area contributed by atoms with Crippen LogP contribution in [0.3, 0.4) is 0 Å². The summed E-state index contributed by atoms with van der Waals surface area (Å²) in [7, 11) is 0. The molecule has 4 nitrogen and oxygen atoms in total. The van der Waals surface area contributed by atoms with Gasteiger partial charge in [-0.05, 0) is 13.0 Å². The predicted molar refractivity (Wildman–Crippen MR) is 65.1 cm³/mol. The lowest BCUT2D eigenvalue weighted by atomic mass is 10.1. The maximum Gasteiger partial charge on any atom is 0.390 e. The van der Waals surface area contributed by atoms with Crippen LogP contribution in [-0.4, -0.2) is 17.1 Å². The molecule has 8 heteroatoms. The Morgan fingerprint density at radius 2 is 2.11 bits per heavy atom. The van der Waals surface area contributed by atoms with Crippen molar-refractivity contribution < 1.29 is 18.1 Å². The van der Waals surface area contributed by atoms with Gasteiger partial charge in [-0.2, -0.15) is 13.2 Å². The van der Waals surface area contributed by atoms with E-state index in [0.717, 1.165) is 0 Å². The second-order valence-corrected chi connectivity index (χ2v) is 4.50. The van der Waals surface area contributed by atoms with Crippen LogP contribution in [0.4, 0.5) is 18.9 Å². The molecule has 0 aromatic heterocycles. The second kappa shape index (κ2) is 6.21. The molecule has 0 radical (unpaired) electrons. The van der Waals surface area contributed by atoms with E-state index in [4.69, 9.17) is 11.6 Å². The predicted octanol–water partition coefficient (Wildman–Crippen LogP) is 3.68. The lowest BCUT2D eigenvalue weighted by Crippen LogP contribution is -2.31. The first kappa shape index (κ1) is 15.7. The molecule has 0 saturated carbocycles. The van der Waals surface area contributed by atoms with Gasteiger partial charge in [0.15, 0.2) is 0 Å². The van der Waals surface area contributed by atoms with Gasteiger partial charge in [0.05, 0.1) is 21.9 Å². The summed E-state index contributed by atoms with van der Waals surface area (Å²) < 4.78 is 36.4. The van der Waals surface area contributed by atoms with Crippen molar-refractivity contribution in [3.63, 3.8) is 0 Å². The molecule has 19 heavy (non-hydrogen) atoms. The van der Waals surface area contributed by atoms with E-state index < -0.39 is 23.6 Å². The fraction of sp³-hybridized carbons (Fsp3) is 0.455. The standard InChI is InChI=1S/C11H12ClF3N2O2/c1-7(5-11(13,14)15)16-6-8-9(12)3-2-4-10(8)17(18)19/h2-4,7,16H,5-6H2,1H3. The van der Waals surface area contributed by atoms with Crippen LogP contribution >= 0.6 is 11.6 Å². The van der Waals surface area contributed by atoms with Crippen LogP contribution in [-0.2, 0) is 6.54 Å². The van der Waals surface area contributed by atoms with Crippen molar-refractivity contribution in [1.82, 2.24) is 5.32 Å². The van der Waals surface area contributed by atoms with Gasteiger partial charge in [-0.15, -0.1) is 0 Å². The molecule has 0 saturated heterocycles. The molecule has 1 unspecified atom stereocenters. The van der Waals surface area contributed by atoms with Gasteiger partial charge in [-0.25, -0.2) is 0 Å².